The van der Waals surface area contributed by atoms with Crippen LogP contribution >= 0.6 is 11.3 Å². The largest absolute Gasteiger partial charge is 0.346 e. The molecule has 0 bridgehead atoms. The van der Waals surface area contributed by atoms with Crippen LogP contribution in [0.2, 0.25) is 0 Å². The lowest BCUT2D eigenvalue weighted by atomic mass is 10.1. The second-order valence-electron chi connectivity index (χ2n) is 5.41. The first-order valence-electron chi connectivity index (χ1n) is 7.42. The second kappa shape index (κ2) is 6.44. The van der Waals surface area contributed by atoms with E-state index in [1.54, 1.807) is 17.0 Å². The van der Waals surface area contributed by atoms with Crippen molar-refractivity contribution < 1.29 is 9.18 Å². The van der Waals surface area contributed by atoms with Gasteiger partial charge in [0.25, 0.3) is 0 Å². The molecule has 1 fully saturated rings. The maximum absolute atomic E-state index is 13.1. The molecule has 0 unspecified atom stereocenters. The predicted octanol–water partition coefficient (Wildman–Crippen LogP) is 3.49. The van der Waals surface area contributed by atoms with Crippen molar-refractivity contribution in [1.29, 1.82) is 0 Å². The molecule has 3 rings (SSSR count). The Hall–Kier alpha value is -1.95. The van der Waals surface area contributed by atoms with E-state index in [1.165, 1.54) is 29.9 Å². The molecule has 0 saturated carbocycles. The molecular formula is C16H18FN3OS. The lowest BCUT2D eigenvalue weighted by Gasteiger charge is -2.24. The van der Waals surface area contributed by atoms with Crippen molar-refractivity contribution in [3.05, 3.63) is 46.0 Å². The molecule has 22 heavy (non-hydrogen) atoms. The van der Waals surface area contributed by atoms with Gasteiger partial charge in [-0.25, -0.2) is 9.18 Å². The summed E-state index contributed by atoms with van der Waals surface area (Å²) in [5, 5.41) is 0. The van der Waals surface area contributed by atoms with Crippen LogP contribution in [-0.2, 0) is 0 Å². The molecular weight excluding hydrogens is 301 g/mol. The number of hydrogen-bond acceptors (Lipinski definition) is 2. The Morgan fingerprint density at radius 1 is 1.18 bits per heavy atom. The third kappa shape index (κ3) is 3.27. The standard InChI is InChI=1S/C16H18FN3OS/c1-12-11-20(14-7-5-13(17)6-8-14)16(22-12)18-15(21)19-9-3-2-4-10-19/h5-8,11H,2-4,9-10H2,1H3/b18-16-. The third-order valence-corrected chi connectivity index (χ3v) is 4.59. The highest BCUT2D eigenvalue weighted by Crippen LogP contribution is 2.12. The Morgan fingerprint density at radius 2 is 1.86 bits per heavy atom. The quantitative estimate of drug-likeness (QED) is 0.793. The number of urea groups is 1. The van der Waals surface area contributed by atoms with E-state index >= 15 is 0 Å². The van der Waals surface area contributed by atoms with Crippen molar-refractivity contribution in [2.45, 2.75) is 26.2 Å². The summed E-state index contributed by atoms with van der Waals surface area (Å²) in [5.74, 6) is -0.279. The number of halogens is 1. The Morgan fingerprint density at radius 3 is 2.55 bits per heavy atom. The summed E-state index contributed by atoms with van der Waals surface area (Å²) in [7, 11) is 0. The number of nitrogens with zero attached hydrogens (tertiary/aromatic N) is 3. The first-order valence-corrected chi connectivity index (χ1v) is 8.24. The molecule has 1 aromatic heterocycles. The van der Waals surface area contributed by atoms with Gasteiger partial charge in [-0.3, -0.25) is 4.57 Å². The van der Waals surface area contributed by atoms with E-state index < -0.39 is 0 Å². The van der Waals surface area contributed by atoms with Crippen LogP contribution in [-0.4, -0.2) is 28.6 Å². The lowest BCUT2D eigenvalue weighted by molar-refractivity contribution is 0.195. The monoisotopic (exact) mass is 319 g/mol. The van der Waals surface area contributed by atoms with E-state index in [-0.39, 0.29) is 11.8 Å². The summed E-state index contributed by atoms with van der Waals surface area (Å²) in [6, 6.07) is 6.01. The van der Waals surface area contributed by atoms with E-state index in [2.05, 4.69) is 4.99 Å². The van der Waals surface area contributed by atoms with Crippen molar-refractivity contribution in [3.63, 3.8) is 0 Å². The van der Waals surface area contributed by atoms with Gasteiger partial charge in [-0.05, 0) is 50.5 Å². The fourth-order valence-electron chi connectivity index (χ4n) is 2.56. The molecule has 0 spiro atoms. The zero-order valence-corrected chi connectivity index (χ0v) is 13.3. The lowest BCUT2D eigenvalue weighted by Crippen LogP contribution is -2.34. The van der Waals surface area contributed by atoms with Gasteiger partial charge in [0.1, 0.15) is 5.82 Å². The maximum atomic E-state index is 13.1. The molecule has 2 amide bonds. The molecule has 4 nitrogen and oxygen atoms in total. The van der Waals surface area contributed by atoms with Gasteiger partial charge in [-0.1, -0.05) is 0 Å². The molecule has 0 aliphatic carbocycles. The van der Waals surface area contributed by atoms with Gasteiger partial charge in [0.05, 0.1) is 0 Å². The number of amides is 2. The van der Waals surface area contributed by atoms with Crippen LogP contribution in [0.5, 0.6) is 0 Å². The number of carbonyl (C=O) groups is 1. The van der Waals surface area contributed by atoms with Gasteiger partial charge in [-0.15, -0.1) is 11.3 Å². The van der Waals surface area contributed by atoms with Crippen LogP contribution in [0, 0.1) is 12.7 Å². The number of hydrogen-bond donors (Lipinski definition) is 0. The molecule has 0 N–H and O–H groups in total. The number of rotatable bonds is 1. The van der Waals surface area contributed by atoms with Gasteiger partial charge >= 0.3 is 6.03 Å². The Labute approximate surface area is 132 Å². The van der Waals surface area contributed by atoms with Crippen LogP contribution in [0.25, 0.3) is 5.69 Å². The average molecular weight is 319 g/mol. The van der Waals surface area contributed by atoms with Crippen molar-refractivity contribution >= 4 is 17.4 Å². The maximum Gasteiger partial charge on any atom is 0.346 e. The second-order valence-corrected chi connectivity index (χ2v) is 6.63. The summed E-state index contributed by atoms with van der Waals surface area (Å²) in [6.07, 6.45) is 5.18. The number of likely N-dealkylation sites (tertiary alicyclic amines) is 1. The minimum atomic E-state index is -0.279. The Kier molecular flexibility index (Phi) is 4.38. The molecule has 0 radical (unpaired) electrons. The molecule has 2 aromatic rings. The van der Waals surface area contributed by atoms with E-state index in [0.29, 0.717) is 4.80 Å². The summed E-state index contributed by atoms with van der Waals surface area (Å²) in [5.41, 5.74) is 0.802. The Balaban J connectivity index is 1.95. The minimum absolute atomic E-state index is 0.183. The number of aryl methyl sites for hydroxylation is 1. The molecule has 116 valence electrons. The van der Waals surface area contributed by atoms with Crippen LogP contribution in [0.3, 0.4) is 0 Å². The van der Waals surface area contributed by atoms with Gasteiger partial charge < -0.3 is 4.90 Å². The fourth-order valence-corrected chi connectivity index (χ4v) is 3.38. The zero-order chi connectivity index (χ0) is 15.5. The molecule has 1 aliphatic heterocycles. The third-order valence-electron chi connectivity index (χ3n) is 3.69. The van der Waals surface area contributed by atoms with Gasteiger partial charge in [0, 0.05) is 29.9 Å². The van der Waals surface area contributed by atoms with E-state index in [1.807, 2.05) is 17.7 Å². The predicted molar refractivity (Wildman–Crippen MR) is 84.7 cm³/mol. The molecule has 6 heteroatoms. The average Bonchev–Trinajstić information content (AvgIpc) is 2.89. The summed E-state index contributed by atoms with van der Waals surface area (Å²) in [4.78, 5) is 20.1. The van der Waals surface area contributed by atoms with Crippen LogP contribution < -0.4 is 4.80 Å². The molecule has 0 atom stereocenters. The highest BCUT2D eigenvalue weighted by molar-refractivity contribution is 7.09. The highest BCUT2D eigenvalue weighted by atomic mass is 32.1. The van der Waals surface area contributed by atoms with E-state index in [9.17, 15) is 9.18 Å². The van der Waals surface area contributed by atoms with Gasteiger partial charge in [0.2, 0.25) is 0 Å². The minimum Gasteiger partial charge on any atom is -0.323 e. The van der Waals surface area contributed by atoms with Crippen LogP contribution in [0.4, 0.5) is 9.18 Å². The fraction of sp³-hybridized carbons (Fsp3) is 0.375. The topological polar surface area (TPSA) is 37.6 Å². The number of carbonyl (C=O) groups excluding carboxylic acids is 1. The van der Waals surface area contributed by atoms with E-state index in [4.69, 9.17) is 0 Å². The highest BCUT2D eigenvalue weighted by Gasteiger charge is 2.16. The van der Waals surface area contributed by atoms with E-state index in [0.717, 1.165) is 36.5 Å². The first kappa shape index (κ1) is 15.0. The smallest absolute Gasteiger partial charge is 0.323 e. The van der Waals surface area contributed by atoms with Crippen LogP contribution in [0.15, 0.2) is 35.5 Å². The van der Waals surface area contributed by atoms with Crippen molar-refractivity contribution in [2.24, 2.45) is 4.99 Å². The normalized spacial score (nSPS) is 16.1. The number of aromatic nitrogens is 1. The zero-order valence-electron chi connectivity index (χ0n) is 12.5. The number of thiazole rings is 1. The van der Waals surface area contributed by atoms with Crippen molar-refractivity contribution in [3.8, 4) is 5.69 Å². The Bertz CT molecular complexity index is 727. The first-order chi connectivity index (χ1) is 10.6. The summed E-state index contributed by atoms with van der Waals surface area (Å²) >= 11 is 1.46. The van der Waals surface area contributed by atoms with Crippen molar-refractivity contribution in [2.75, 3.05) is 13.1 Å². The van der Waals surface area contributed by atoms with Gasteiger partial charge in [-0.2, -0.15) is 4.99 Å². The molecule has 1 aliphatic rings. The van der Waals surface area contributed by atoms with Crippen molar-refractivity contribution in [1.82, 2.24) is 9.47 Å². The number of benzene rings is 1. The molecule has 1 saturated heterocycles. The molecule has 2 heterocycles. The summed E-state index contributed by atoms with van der Waals surface area (Å²) < 4.78 is 14.9. The molecule has 1 aromatic carbocycles. The van der Waals surface area contributed by atoms with Gasteiger partial charge in [0.15, 0.2) is 4.80 Å². The number of piperidine rings is 1. The SMILES string of the molecule is Cc1cn(-c2ccc(F)cc2)/c(=N/C(=O)N2CCCCC2)s1. The van der Waals surface area contributed by atoms with Crippen LogP contribution in [0.1, 0.15) is 24.1 Å². The summed E-state index contributed by atoms with van der Waals surface area (Å²) in [6.45, 7) is 3.53.